The minimum atomic E-state index is -0.731. The van der Waals surface area contributed by atoms with Crippen LogP contribution in [0, 0.1) is 34.8 Å². The van der Waals surface area contributed by atoms with Crippen molar-refractivity contribution in [1.29, 1.82) is 5.26 Å². The van der Waals surface area contributed by atoms with E-state index in [9.17, 15) is 8.78 Å². The zero-order valence-electron chi connectivity index (χ0n) is 9.24. The first-order chi connectivity index (χ1) is 7.47. The molecule has 86 valence electrons. The van der Waals surface area contributed by atoms with E-state index in [4.69, 9.17) is 11.0 Å². The predicted octanol–water partition coefficient (Wildman–Crippen LogP) is 2.76. The van der Waals surface area contributed by atoms with Crippen LogP contribution < -0.4 is 5.73 Å². The first-order valence-electron chi connectivity index (χ1n) is 5.07. The Kier molecular flexibility index (Phi) is 3.97. The van der Waals surface area contributed by atoms with Gasteiger partial charge in [0.05, 0.1) is 12.0 Å². The Balaban J connectivity index is 3.05. The second-order valence-electron chi connectivity index (χ2n) is 4.09. The average Bonchev–Trinajstić information content (AvgIpc) is 2.17. The molecule has 0 aromatic heterocycles. The number of hydrogen-bond donors (Lipinski definition) is 1. The SMILES string of the molecule is CC(C)C(C#N)C(N)c1ccc(F)cc1F. The van der Waals surface area contributed by atoms with Crippen molar-refractivity contribution < 1.29 is 8.78 Å². The highest BCUT2D eigenvalue weighted by atomic mass is 19.1. The molecule has 1 aromatic rings. The second kappa shape index (κ2) is 5.04. The summed E-state index contributed by atoms with van der Waals surface area (Å²) in [5.41, 5.74) is 6.00. The lowest BCUT2D eigenvalue weighted by atomic mass is 9.86. The van der Waals surface area contributed by atoms with Crippen LogP contribution in [0.5, 0.6) is 0 Å². The van der Waals surface area contributed by atoms with Crippen LogP contribution in [-0.4, -0.2) is 0 Å². The van der Waals surface area contributed by atoms with Gasteiger partial charge in [-0.15, -0.1) is 0 Å². The maximum absolute atomic E-state index is 13.4. The van der Waals surface area contributed by atoms with Crippen LogP contribution in [0.3, 0.4) is 0 Å². The van der Waals surface area contributed by atoms with Crippen molar-refractivity contribution in [3.63, 3.8) is 0 Å². The molecule has 2 N–H and O–H groups in total. The van der Waals surface area contributed by atoms with E-state index >= 15 is 0 Å². The molecule has 1 aromatic carbocycles. The van der Waals surface area contributed by atoms with Crippen molar-refractivity contribution in [2.75, 3.05) is 0 Å². The van der Waals surface area contributed by atoms with Crippen LogP contribution in [0.2, 0.25) is 0 Å². The second-order valence-corrected chi connectivity index (χ2v) is 4.09. The molecule has 0 spiro atoms. The van der Waals surface area contributed by atoms with E-state index in [1.165, 1.54) is 6.07 Å². The van der Waals surface area contributed by atoms with Gasteiger partial charge in [-0.1, -0.05) is 19.9 Å². The molecule has 16 heavy (non-hydrogen) atoms. The van der Waals surface area contributed by atoms with Crippen LogP contribution in [0.15, 0.2) is 18.2 Å². The third-order valence-corrected chi connectivity index (χ3v) is 2.58. The number of halogens is 2. The van der Waals surface area contributed by atoms with Crippen molar-refractivity contribution in [1.82, 2.24) is 0 Å². The molecule has 2 unspecified atom stereocenters. The number of nitriles is 1. The quantitative estimate of drug-likeness (QED) is 0.858. The van der Waals surface area contributed by atoms with E-state index in [2.05, 4.69) is 6.07 Å². The fraction of sp³-hybridized carbons (Fsp3) is 0.417. The Hall–Kier alpha value is -1.47. The summed E-state index contributed by atoms with van der Waals surface area (Å²) in [6, 6.07) is 4.55. The van der Waals surface area contributed by atoms with Gasteiger partial charge in [-0.3, -0.25) is 0 Å². The van der Waals surface area contributed by atoms with Gasteiger partial charge in [-0.2, -0.15) is 5.26 Å². The van der Waals surface area contributed by atoms with Gasteiger partial charge in [0, 0.05) is 17.7 Å². The molecule has 0 bridgehead atoms. The van der Waals surface area contributed by atoms with Gasteiger partial charge in [0.25, 0.3) is 0 Å². The zero-order chi connectivity index (χ0) is 12.3. The lowest BCUT2D eigenvalue weighted by Gasteiger charge is -2.21. The van der Waals surface area contributed by atoms with Crippen LogP contribution in [-0.2, 0) is 0 Å². The maximum atomic E-state index is 13.4. The van der Waals surface area contributed by atoms with E-state index in [0.717, 1.165) is 12.1 Å². The van der Waals surface area contributed by atoms with Crippen molar-refractivity contribution in [3.8, 4) is 6.07 Å². The van der Waals surface area contributed by atoms with Gasteiger partial charge in [0.2, 0.25) is 0 Å². The zero-order valence-corrected chi connectivity index (χ0v) is 9.24. The van der Waals surface area contributed by atoms with E-state index in [1.54, 1.807) is 0 Å². The minimum Gasteiger partial charge on any atom is -0.323 e. The third-order valence-electron chi connectivity index (χ3n) is 2.58. The Bertz CT molecular complexity index is 410. The topological polar surface area (TPSA) is 49.8 Å². The summed E-state index contributed by atoms with van der Waals surface area (Å²) in [6.45, 7) is 3.68. The smallest absolute Gasteiger partial charge is 0.130 e. The van der Waals surface area contributed by atoms with Crippen LogP contribution >= 0.6 is 0 Å². The van der Waals surface area contributed by atoms with Gasteiger partial charge in [0.15, 0.2) is 0 Å². The monoisotopic (exact) mass is 224 g/mol. The van der Waals surface area contributed by atoms with Gasteiger partial charge in [-0.25, -0.2) is 8.78 Å². The molecule has 2 nitrogen and oxygen atoms in total. The highest BCUT2D eigenvalue weighted by Crippen LogP contribution is 2.27. The molecule has 0 aliphatic rings. The molecule has 0 amide bonds. The van der Waals surface area contributed by atoms with Crippen LogP contribution in [0.25, 0.3) is 0 Å². The summed E-state index contributed by atoms with van der Waals surface area (Å²) in [5, 5.41) is 8.95. The fourth-order valence-electron chi connectivity index (χ4n) is 1.61. The van der Waals surface area contributed by atoms with Gasteiger partial charge in [0.1, 0.15) is 11.6 Å². The fourth-order valence-corrected chi connectivity index (χ4v) is 1.61. The Labute approximate surface area is 93.7 Å². The highest BCUT2D eigenvalue weighted by Gasteiger charge is 2.24. The van der Waals surface area contributed by atoms with Crippen LogP contribution in [0.4, 0.5) is 8.78 Å². The summed E-state index contributed by atoms with van der Waals surface area (Å²) >= 11 is 0. The number of nitrogens with two attached hydrogens (primary N) is 1. The summed E-state index contributed by atoms with van der Waals surface area (Å²) in [5.74, 6) is -1.82. The van der Waals surface area contributed by atoms with Crippen molar-refractivity contribution in [2.45, 2.75) is 19.9 Å². The molecule has 0 aliphatic carbocycles. The van der Waals surface area contributed by atoms with Crippen molar-refractivity contribution in [2.24, 2.45) is 17.6 Å². The Morgan fingerprint density at radius 1 is 1.31 bits per heavy atom. The lowest BCUT2D eigenvalue weighted by molar-refractivity contribution is 0.393. The minimum absolute atomic E-state index is 0.0180. The molecule has 4 heteroatoms. The van der Waals surface area contributed by atoms with Gasteiger partial charge >= 0.3 is 0 Å². The first kappa shape index (κ1) is 12.6. The van der Waals surface area contributed by atoms with E-state index in [1.807, 2.05) is 13.8 Å². The lowest BCUT2D eigenvalue weighted by Crippen LogP contribution is -2.25. The third kappa shape index (κ3) is 2.56. The summed E-state index contributed by atoms with van der Waals surface area (Å²) in [7, 11) is 0. The molecule has 0 saturated carbocycles. The van der Waals surface area contributed by atoms with E-state index in [0.29, 0.717) is 0 Å². The Morgan fingerprint density at radius 2 is 1.94 bits per heavy atom. The molecule has 0 saturated heterocycles. The molecule has 2 atom stereocenters. The summed E-state index contributed by atoms with van der Waals surface area (Å²) in [6.07, 6.45) is 0. The largest absolute Gasteiger partial charge is 0.323 e. The maximum Gasteiger partial charge on any atom is 0.130 e. The van der Waals surface area contributed by atoms with Gasteiger partial charge in [-0.05, 0) is 12.0 Å². The molecular weight excluding hydrogens is 210 g/mol. The predicted molar refractivity (Wildman–Crippen MR) is 57.2 cm³/mol. The molecule has 0 aliphatic heterocycles. The molecular formula is C12H14F2N2. The molecule has 1 rings (SSSR count). The molecule has 0 fully saturated rings. The van der Waals surface area contributed by atoms with Crippen LogP contribution in [0.1, 0.15) is 25.5 Å². The number of nitrogens with zero attached hydrogens (tertiary/aromatic N) is 1. The summed E-state index contributed by atoms with van der Waals surface area (Å²) in [4.78, 5) is 0. The van der Waals surface area contributed by atoms with E-state index in [-0.39, 0.29) is 11.5 Å². The number of hydrogen-bond acceptors (Lipinski definition) is 2. The van der Waals surface area contributed by atoms with E-state index < -0.39 is 23.6 Å². The Morgan fingerprint density at radius 3 is 2.38 bits per heavy atom. The number of rotatable bonds is 3. The van der Waals surface area contributed by atoms with Crippen molar-refractivity contribution >= 4 is 0 Å². The summed E-state index contributed by atoms with van der Waals surface area (Å²) < 4.78 is 26.1. The number of benzene rings is 1. The standard InChI is InChI=1S/C12H14F2N2/c1-7(2)10(6-15)12(16)9-4-3-8(13)5-11(9)14/h3-5,7,10,12H,16H2,1-2H3. The van der Waals surface area contributed by atoms with Crippen molar-refractivity contribution in [3.05, 3.63) is 35.4 Å². The molecule has 0 heterocycles. The normalized spacial score (nSPS) is 14.6. The average molecular weight is 224 g/mol. The van der Waals surface area contributed by atoms with Gasteiger partial charge < -0.3 is 5.73 Å². The first-order valence-corrected chi connectivity index (χ1v) is 5.07. The highest BCUT2D eigenvalue weighted by molar-refractivity contribution is 5.24. The molecule has 0 radical (unpaired) electrons.